The van der Waals surface area contributed by atoms with Gasteiger partial charge in [-0.2, -0.15) is 0 Å². The maximum absolute atomic E-state index is 2.67. The molecule has 22 heavy (non-hydrogen) atoms. The molecule has 3 rings (SSSR count). The summed E-state index contributed by atoms with van der Waals surface area (Å²) in [5.74, 6) is 2.90. The quantitative estimate of drug-likeness (QED) is 0.437. The molecule has 2 aliphatic carbocycles. The zero-order valence-corrected chi connectivity index (χ0v) is 15.4. The van der Waals surface area contributed by atoms with Crippen LogP contribution in [-0.2, 0) is 0 Å². The molecule has 0 aliphatic heterocycles. The van der Waals surface area contributed by atoms with Crippen LogP contribution in [0.4, 0.5) is 0 Å². The number of hydrogen-bond acceptors (Lipinski definition) is 1. The first-order valence-electron chi connectivity index (χ1n) is 8.77. The highest BCUT2D eigenvalue weighted by Crippen LogP contribution is 2.62. The van der Waals surface area contributed by atoms with E-state index in [0.717, 1.165) is 11.8 Å². The highest BCUT2D eigenvalue weighted by Gasteiger charge is 2.52. The van der Waals surface area contributed by atoms with Gasteiger partial charge < -0.3 is 0 Å². The summed E-state index contributed by atoms with van der Waals surface area (Å²) in [6.07, 6.45) is 8.10. The van der Waals surface area contributed by atoms with Crippen LogP contribution in [0.25, 0.3) is 0 Å². The van der Waals surface area contributed by atoms with Gasteiger partial charge in [0.2, 0.25) is 0 Å². The molecule has 0 saturated heterocycles. The van der Waals surface area contributed by atoms with Crippen LogP contribution in [0.3, 0.4) is 0 Å². The molecule has 0 nitrogen and oxygen atoms in total. The average molecular weight is 315 g/mol. The number of fused-ring (bicyclic) bond motifs is 1. The maximum Gasteiger partial charge on any atom is 0.00719 e. The molecule has 0 N–H and O–H groups in total. The van der Waals surface area contributed by atoms with E-state index in [4.69, 9.17) is 0 Å². The zero-order valence-electron chi connectivity index (χ0n) is 14.6. The van der Waals surface area contributed by atoms with Crippen molar-refractivity contribution in [1.29, 1.82) is 0 Å². The Balaban J connectivity index is 1.59. The van der Waals surface area contributed by atoms with Gasteiger partial charge in [0, 0.05) is 4.90 Å². The van der Waals surface area contributed by atoms with E-state index in [2.05, 4.69) is 64.1 Å². The Kier molecular flexibility index (Phi) is 4.47. The van der Waals surface area contributed by atoms with Crippen molar-refractivity contribution in [3.05, 3.63) is 42.0 Å². The Bertz CT molecular complexity index is 542. The second-order valence-electron chi connectivity index (χ2n) is 8.52. The summed E-state index contributed by atoms with van der Waals surface area (Å²) in [4.78, 5) is 1.40. The first-order valence-corrected chi connectivity index (χ1v) is 9.76. The molecule has 1 aromatic carbocycles. The molecule has 0 unspecified atom stereocenters. The fourth-order valence-corrected chi connectivity index (χ4v) is 5.15. The van der Waals surface area contributed by atoms with Crippen molar-refractivity contribution < 1.29 is 0 Å². The standard InChI is InChI=1S/C21H30S/c1-16(10-11-22-19-8-6-5-7-9-19)17-12-20(2,3)14-18-15-21(18,4)13-17/h5-9,13,16,18H,10-12,14-15H2,1-4H3/t16-,18-,21+/m0/s1. The molecule has 0 bridgehead atoms. The Labute approximate surface area is 140 Å². The van der Waals surface area contributed by atoms with Crippen LogP contribution in [0.1, 0.15) is 53.4 Å². The minimum absolute atomic E-state index is 0.492. The number of allylic oxidation sites excluding steroid dienone is 2. The highest BCUT2D eigenvalue weighted by molar-refractivity contribution is 7.99. The first-order chi connectivity index (χ1) is 10.4. The van der Waals surface area contributed by atoms with Gasteiger partial charge in [-0.1, -0.05) is 57.5 Å². The van der Waals surface area contributed by atoms with Gasteiger partial charge >= 0.3 is 0 Å². The van der Waals surface area contributed by atoms with Gasteiger partial charge in [-0.15, -0.1) is 11.8 Å². The Morgan fingerprint density at radius 3 is 2.59 bits per heavy atom. The van der Waals surface area contributed by atoms with Gasteiger partial charge in [-0.25, -0.2) is 0 Å². The first kappa shape index (κ1) is 16.2. The molecule has 1 aromatic rings. The van der Waals surface area contributed by atoms with E-state index in [9.17, 15) is 0 Å². The lowest BCUT2D eigenvalue weighted by molar-refractivity contribution is 0.300. The summed E-state index contributed by atoms with van der Waals surface area (Å²) < 4.78 is 0. The summed E-state index contributed by atoms with van der Waals surface area (Å²) in [6, 6.07) is 10.8. The molecule has 0 spiro atoms. The van der Waals surface area contributed by atoms with Crippen molar-refractivity contribution in [3.8, 4) is 0 Å². The number of benzene rings is 1. The Morgan fingerprint density at radius 1 is 1.14 bits per heavy atom. The fourth-order valence-electron chi connectivity index (χ4n) is 4.09. The van der Waals surface area contributed by atoms with Crippen molar-refractivity contribution in [2.24, 2.45) is 22.7 Å². The van der Waals surface area contributed by atoms with Crippen LogP contribution < -0.4 is 0 Å². The predicted octanol–water partition coefficient (Wildman–Crippen LogP) is 6.58. The third-order valence-corrected chi connectivity index (χ3v) is 6.70. The summed E-state index contributed by atoms with van der Waals surface area (Å²) in [7, 11) is 0. The molecular weight excluding hydrogens is 284 g/mol. The van der Waals surface area contributed by atoms with E-state index in [1.54, 1.807) is 5.57 Å². The Hall–Kier alpha value is -0.690. The molecule has 1 fully saturated rings. The molecule has 0 radical (unpaired) electrons. The minimum atomic E-state index is 0.492. The van der Waals surface area contributed by atoms with E-state index in [0.29, 0.717) is 10.8 Å². The van der Waals surface area contributed by atoms with Crippen LogP contribution in [-0.4, -0.2) is 5.75 Å². The number of rotatable bonds is 5. The fraction of sp³-hybridized carbons (Fsp3) is 0.619. The van der Waals surface area contributed by atoms with Crippen LogP contribution in [0.2, 0.25) is 0 Å². The van der Waals surface area contributed by atoms with E-state index in [1.165, 1.54) is 36.3 Å². The van der Waals surface area contributed by atoms with Gasteiger partial charge in [0.25, 0.3) is 0 Å². The van der Waals surface area contributed by atoms with Crippen LogP contribution in [0.5, 0.6) is 0 Å². The normalized spacial score (nSPS) is 30.9. The SMILES string of the molecule is C[C@@H](CCSc1ccccc1)C1=C[C@]2(C)C[C@@H]2CC(C)(C)C1. The van der Waals surface area contributed by atoms with E-state index in [1.807, 2.05) is 11.8 Å². The largest absolute Gasteiger partial charge is 0.126 e. The van der Waals surface area contributed by atoms with Crippen molar-refractivity contribution in [2.45, 2.75) is 58.3 Å². The van der Waals surface area contributed by atoms with E-state index in [-0.39, 0.29) is 0 Å². The van der Waals surface area contributed by atoms with Crippen molar-refractivity contribution in [3.63, 3.8) is 0 Å². The van der Waals surface area contributed by atoms with Crippen LogP contribution in [0.15, 0.2) is 46.9 Å². The van der Waals surface area contributed by atoms with E-state index < -0.39 is 0 Å². The zero-order chi connectivity index (χ0) is 15.8. The van der Waals surface area contributed by atoms with Gasteiger partial charge in [-0.05, 0) is 66.2 Å². The van der Waals surface area contributed by atoms with Gasteiger partial charge in [-0.3, -0.25) is 0 Å². The minimum Gasteiger partial charge on any atom is -0.126 e. The maximum atomic E-state index is 2.67. The lowest BCUT2D eigenvalue weighted by Gasteiger charge is -2.27. The Morgan fingerprint density at radius 2 is 1.86 bits per heavy atom. The highest BCUT2D eigenvalue weighted by atomic mass is 32.2. The topological polar surface area (TPSA) is 0 Å². The average Bonchev–Trinajstić information content (AvgIpc) is 3.08. The molecular formula is C21H30S. The lowest BCUT2D eigenvalue weighted by Crippen LogP contribution is -2.15. The second kappa shape index (κ2) is 6.07. The molecule has 2 aliphatic rings. The molecule has 120 valence electrons. The molecule has 1 saturated carbocycles. The summed E-state index contributed by atoms with van der Waals surface area (Å²) in [5, 5.41) is 0. The van der Waals surface area contributed by atoms with E-state index >= 15 is 0 Å². The summed E-state index contributed by atoms with van der Waals surface area (Å²) in [5.41, 5.74) is 2.76. The number of hydrogen-bond donors (Lipinski definition) is 0. The van der Waals surface area contributed by atoms with Crippen LogP contribution >= 0.6 is 11.8 Å². The summed E-state index contributed by atoms with van der Waals surface area (Å²) >= 11 is 2.00. The molecule has 1 heteroatoms. The van der Waals surface area contributed by atoms with Crippen molar-refractivity contribution in [1.82, 2.24) is 0 Å². The van der Waals surface area contributed by atoms with Gasteiger partial charge in [0.1, 0.15) is 0 Å². The molecule has 0 heterocycles. The third-order valence-electron chi connectivity index (χ3n) is 5.65. The predicted molar refractivity (Wildman–Crippen MR) is 98.3 cm³/mol. The van der Waals surface area contributed by atoms with Crippen molar-refractivity contribution >= 4 is 11.8 Å². The van der Waals surface area contributed by atoms with Gasteiger partial charge in [0.05, 0.1) is 0 Å². The second-order valence-corrected chi connectivity index (χ2v) is 9.69. The number of thioether (sulfide) groups is 1. The van der Waals surface area contributed by atoms with Crippen molar-refractivity contribution in [2.75, 3.05) is 5.75 Å². The lowest BCUT2D eigenvalue weighted by atomic mass is 9.79. The smallest absolute Gasteiger partial charge is 0.00719 e. The van der Waals surface area contributed by atoms with Gasteiger partial charge in [0.15, 0.2) is 0 Å². The van der Waals surface area contributed by atoms with Crippen LogP contribution in [0, 0.1) is 22.7 Å². The molecule has 0 amide bonds. The third kappa shape index (κ3) is 3.79. The molecule has 3 atom stereocenters. The molecule has 0 aromatic heterocycles. The summed E-state index contributed by atoms with van der Waals surface area (Å²) in [6.45, 7) is 9.86. The monoisotopic (exact) mass is 314 g/mol.